The zero-order chi connectivity index (χ0) is 11.2. The molecule has 1 aromatic rings. The maximum absolute atomic E-state index is 9.91. The van der Waals surface area contributed by atoms with Crippen molar-refractivity contribution in [3.63, 3.8) is 0 Å². The first kappa shape index (κ1) is 10.5. The first-order valence-electron chi connectivity index (χ1n) is 5.21. The SMILES string of the molecule is CC1Oc2c(cccc2[N+](C)(C)C)C1O. The molecule has 0 saturated carbocycles. The van der Waals surface area contributed by atoms with Gasteiger partial charge in [-0.1, -0.05) is 12.1 Å². The van der Waals surface area contributed by atoms with E-state index in [0.29, 0.717) is 4.48 Å². The summed E-state index contributed by atoms with van der Waals surface area (Å²) in [6.45, 7) is 1.89. The van der Waals surface area contributed by atoms with Crippen molar-refractivity contribution >= 4 is 5.69 Å². The van der Waals surface area contributed by atoms with Crippen LogP contribution in [0.25, 0.3) is 0 Å². The van der Waals surface area contributed by atoms with Gasteiger partial charge in [0.25, 0.3) is 0 Å². The number of hydrogen-bond donors (Lipinski definition) is 1. The molecule has 2 unspecified atom stereocenters. The van der Waals surface area contributed by atoms with E-state index in [1.54, 1.807) is 0 Å². The van der Waals surface area contributed by atoms with Crippen LogP contribution >= 0.6 is 0 Å². The lowest BCUT2D eigenvalue weighted by atomic mass is 10.1. The van der Waals surface area contributed by atoms with Gasteiger partial charge in [-0.2, -0.15) is 0 Å². The number of benzene rings is 1. The molecule has 82 valence electrons. The highest BCUT2D eigenvalue weighted by atomic mass is 16.5. The molecule has 0 saturated heterocycles. The van der Waals surface area contributed by atoms with Crippen LogP contribution in [0, 0.1) is 0 Å². The molecule has 3 nitrogen and oxygen atoms in total. The van der Waals surface area contributed by atoms with Gasteiger partial charge in [0, 0.05) is 11.6 Å². The second-order valence-electron chi connectivity index (χ2n) is 4.98. The highest BCUT2D eigenvalue weighted by Gasteiger charge is 2.34. The second-order valence-corrected chi connectivity index (χ2v) is 4.98. The highest BCUT2D eigenvalue weighted by Crippen LogP contribution is 2.43. The molecule has 0 aromatic heterocycles. The van der Waals surface area contributed by atoms with Gasteiger partial charge < -0.3 is 9.84 Å². The molecular weight excluding hydrogens is 190 g/mol. The van der Waals surface area contributed by atoms with Crippen molar-refractivity contribution in [1.82, 2.24) is 4.48 Å². The molecule has 0 radical (unpaired) electrons. The summed E-state index contributed by atoms with van der Waals surface area (Å²) >= 11 is 0. The molecule has 1 aromatic carbocycles. The third-order valence-electron chi connectivity index (χ3n) is 2.81. The number of rotatable bonds is 1. The van der Waals surface area contributed by atoms with Crippen molar-refractivity contribution in [2.45, 2.75) is 19.1 Å². The van der Waals surface area contributed by atoms with Gasteiger partial charge in [0.15, 0.2) is 11.4 Å². The van der Waals surface area contributed by atoms with E-state index in [9.17, 15) is 5.11 Å². The molecule has 1 aliphatic rings. The molecule has 0 bridgehead atoms. The Morgan fingerprint density at radius 2 is 1.93 bits per heavy atom. The van der Waals surface area contributed by atoms with Crippen molar-refractivity contribution < 1.29 is 9.84 Å². The Balaban J connectivity index is 2.55. The monoisotopic (exact) mass is 208 g/mol. The molecule has 1 heterocycles. The van der Waals surface area contributed by atoms with Crippen LogP contribution in [0.4, 0.5) is 5.69 Å². The molecule has 0 amide bonds. The van der Waals surface area contributed by atoms with Crippen molar-refractivity contribution in [3.05, 3.63) is 23.8 Å². The predicted molar refractivity (Wildman–Crippen MR) is 61.1 cm³/mol. The van der Waals surface area contributed by atoms with Crippen molar-refractivity contribution in [1.29, 1.82) is 0 Å². The Labute approximate surface area is 90.5 Å². The van der Waals surface area contributed by atoms with Crippen molar-refractivity contribution in [2.24, 2.45) is 0 Å². The lowest BCUT2D eigenvalue weighted by Gasteiger charge is -2.25. The van der Waals surface area contributed by atoms with Gasteiger partial charge in [-0.25, -0.2) is 0 Å². The summed E-state index contributed by atoms with van der Waals surface area (Å²) in [6.07, 6.45) is -0.640. The molecule has 0 aliphatic carbocycles. The van der Waals surface area contributed by atoms with E-state index in [1.165, 1.54) is 0 Å². The standard InChI is InChI=1S/C12H18NO2/c1-8-11(14)9-6-5-7-10(12(9)15-8)13(2,3)4/h5-8,11,14H,1-4H3/q+1. The average Bonchev–Trinajstić information content (AvgIpc) is 2.41. The smallest absolute Gasteiger partial charge is 0.186 e. The van der Waals surface area contributed by atoms with Crippen LogP contribution < -0.4 is 9.22 Å². The fraction of sp³-hybridized carbons (Fsp3) is 0.500. The molecule has 2 atom stereocenters. The van der Waals surface area contributed by atoms with E-state index in [-0.39, 0.29) is 6.10 Å². The molecular formula is C12H18NO2+. The van der Waals surface area contributed by atoms with Gasteiger partial charge in [-0.05, 0) is 6.92 Å². The lowest BCUT2D eigenvalue weighted by Crippen LogP contribution is -2.35. The van der Waals surface area contributed by atoms with E-state index < -0.39 is 6.10 Å². The Morgan fingerprint density at radius 3 is 2.53 bits per heavy atom. The molecule has 3 heteroatoms. The first-order valence-corrected chi connectivity index (χ1v) is 5.21. The largest absolute Gasteiger partial charge is 0.481 e. The number of aliphatic hydroxyl groups is 1. The van der Waals surface area contributed by atoms with Gasteiger partial charge in [0.1, 0.15) is 12.2 Å². The lowest BCUT2D eigenvalue weighted by molar-refractivity contribution is 0.0793. The van der Waals surface area contributed by atoms with Crippen LogP contribution in [0.1, 0.15) is 18.6 Å². The van der Waals surface area contributed by atoms with Crippen molar-refractivity contribution in [3.8, 4) is 5.75 Å². The van der Waals surface area contributed by atoms with E-state index in [2.05, 4.69) is 21.1 Å². The van der Waals surface area contributed by atoms with E-state index in [0.717, 1.165) is 17.0 Å². The molecule has 0 spiro atoms. The second kappa shape index (κ2) is 3.22. The van der Waals surface area contributed by atoms with Gasteiger partial charge in [-0.3, -0.25) is 4.48 Å². The number of aliphatic hydroxyl groups excluding tert-OH is 1. The molecule has 2 rings (SSSR count). The zero-order valence-corrected chi connectivity index (χ0v) is 9.69. The number of hydrogen-bond acceptors (Lipinski definition) is 2. The van der Waals surface area contributed by atoms with E-state index in [1.807, 2.05) is 25.1 Å². The Hall–Kier alpha value is -1.06. The average molecular weight is 208 g/mol. The van der Waals surface area contributed by atoms with Gasteiger partial charge in [-0.15, -0.1) is 0 Å². The predicted octanol–water partition coefficient (Wildman–Crippen LogP) is 1.70. The summed E-state index contributed by atoms with van der Waals surface area (Å²) in [5, 5.41) is 9.91. The maximum atomic E-state index is 9.91. The zero-order valence-electron chi connectivity index (χ0n) is 9.69. The minimum Gasteiger partial charge on any atom is -0.481 e. The fourth-order valence-corrected chi connectivity index (χ4v) is 1.93. The number of nitrogens with zero attached hydrogens (tertiary/aromatic N) is 1. The number of quaternary nitrogens is 1. The van der Waals surface area contributed by atoms with Crippen LogP contribution in [0.3, 0.4) is 0 Å². The minimum atomic E-state index is -0.494. The third-order valence-corrected chi connectivity index (χ3v) is 2.81. The van der Waals surface area contributed by atoms with Crippen LogP contribution in [-0.4, -0.2) is 32.4 Å². The summed E-state index contributed by atoms with van der Waals surface area (Å²) in [5.41, 5.74) is 2.02. The third kappa shape index (κ3) is 1.62. The summed E-state index contributed by atoms with van der Waals surface area (Å²) in [6, 6.07) is 5.95. The van der Waals surface area contributed by atoms with Crippen LogP contribution in [0.5, 0.6) is 5.75 Å². The van der Waals surface area contributed by atoms with E-state index in [4.69, 9.17) is 4.74 Å². The first-order chi connectivity index (χ1) is 6.91. The quantitative estimate of drug-likeness (QED) is 0.712. The van der Waals surface area contributed by atoms with Crippen LogP contribution in [0.2, 0.25) is 0 Å². The summed E-state index contributed by atoms with van der Waals surface area (Å²) in [7, 11) is 6.27. The topological polar surface area (TPSA) is 29.5 Å². The van der Waals surface area contributed by atoms with Crippen LogP contribution in [-0.2, 0) is 0 Å². The maximum Gasteiger partial charge on any atom is 0.186 e. The highest BCUT2D eigenvalue weighted by molar-refractivity contribution is 5.61. The van der Waals surface area contributed by atoms with Gasteiger partial charge in [0.05, 0.1) is 21.1 Å². The number of fused-ring (bicyclic) bond motifs is 1. The van der Waals surface area contributed by atoms with Gasteiger partial charge >= 0.3 is 0 Å². The van der Waals surface area contributed by atoms with E-state index >= 15 is 0 Å². The fourth-order valence-electron chi connectivity index (χ4n) is 1.93. The number of para-hydroxylation sites is 1. The summed E-state index contributed by atoms with van der Waals surface area (Å²) < 4.78 is 6.41. The summed E-state index contributed by atoms with van der Waals surface area (Å²) in [4.78, 5) is 0. The molecule has 15 heavy (non-hydrogen) atoms. The Kier molecular flexibility index (Phi) is 2.24. The van der Waals surface area contributed by atoms with Gasteiger partial charge in [0.2, 0.25) is 0 Å². The normalized spacial score (nSPS) is 24.9. The molecule has 1 N–H and O–H groups in total. The summed E-state index contributed by atoms with van der Waals surface area (Å²) in [5.74, 6) is 0.852. The van der Waals surface area contributed by atoms with Crippen LogP contribution in [0.15, 0.2) is 18.2 Å². The number of ether oxygens (including phenoxy) is 1. The Morgan fingerprint density at radius 1 is 1.27 bits per heavy atom. The Bertz CT molecular complexity index is 382. The van der Waals surface area contributed by atoms with Crippen molar-refractivity contribution in [2.75, 3.05) is 21.1 Å². The minimum absolute atomic E-state index is 0.146. The molecule has 0 fully saturated rings. The molecule has 1 aliphatic heterocycles.